The molecule has 10 atom stereocenters. The predicted molar refractivity (Wildman–Crippen MR) is 121 cm³/mol. The van der Waals surface area contributed by atoms with Crippen LogP contribution in [0.5, 0.6) is 0 Å². The maximum atomic E-state index is 11.7. The Labute approximate surface area is 188 Å². The third-order valence-electron chi connectivity index (χ3n) is 10.8. The lowest BCUT2D eigenvalue weighted by molar-refractivity contribution is -0.210. The molecule has 5 rings (SSSR count). The van der Waals surface area contributed by atoms with Crippen molar-refractivity contribution < 1.29 is 20.1 Å². The van der Waals surface area contributed by atoms with Gasteiger partial charge in [-0.15, -0.1) is 0 Å². The largest absolute Gasteiger partial charge is 0.393 e. The summed E-state index contributed by atoms with van der Waals surface area (Å²) in [6, 6.07) is 0. The van der Waals surface area contributed by atoms with E-state index in [1.807, 2.05) is 6.08 Å². The Balaban J connectivity index is 1.45. The number of aliphatic hydroxyl groups excluding tert-OH is 2. The third-order valence-corrected chi connectivity index (χ3v) is 10.8. The fourth-order valence-electron chi connectivity index (χ4n) is 9.00. The summed E-state index contributed by atoms with van der Waals surface area (Å²) in [7, 11) is 0. The van der Waals surface area contributed by atoms with Crippen molar-refractivity contribution in [3.8, 4) is 0 Å². The maximum absolute atomic E-state index is 11.7. The molecule has 176 valence electrons. The molecule has 5 aliphatic rings. The summed E-state index contributed by atoms with van der Waals surface area (Å²) in [6.07, 6.45) is 9.68. The molecule has 3 N–H and O–H groups in total. The first kappa shape index (κ1) is 22.4. The molecule has 0 amide bonds. The number of epoxide rings is 1. The van der Waals surface area contributed by atoms with Crippen LogP contribution in [0.4, 0.5) is 0 Å². The van der Waals surface area contributed by atoms with Crippen molar-refractivity contribution in [1.29, 1.82) is 0 Å². The Morgan fingerprint density at radius 2 is 1.81 bits per heavy atom. The topological polar surface area (TPSA) is 73.2 Å². The molecule has 0 aromatic heterocycles. The van der Waals surface area contributed by atoms with E-state index in [2.05, 4.69) is 34.6 Å². The molecule has 1 spiro atoms. The molecule has 0 aromatic rings. The molecule has 1 aliphatic heterocycles. The Morgan fingerprint density at radius 3 is 2.52 bits per heavy atom. The minimum absolute atomic E-state index is 0.141. The Bertz CT molecular complexity index is 762. The molecule has 1 heterocycles. The zero-order valence-corrected chi connectivity index (χ0v) is 20.2. The highest BCUT2D eigenvalue weighted by Crippen LogP contribution is 2.76. The van der Waals surface area contributed by atoms with Gasteiger partial charge in [0.2, 0.25) is 0 Å². The van der Waals surface area contributed by atoms with Crippen molar-refractivity contribution in [2.75, 3.05) is 0 Å². The molecular weight excluding hydrogens is 388 g/mol. The second-order valence-corrected chi connectivity index (χ2v) is 12.8. The molecule has 4 fully saturated rings. The van der Waals surface area contributed by atoms with Crippen molar-refractivity contribution in [2.45, 2.75) is 122 Å². The highest BCUT2D eigenvalue weighted by Gasteiger charge is 2.82. The van der Waals surface area contributed by atoms with E-state index in [1.54, 1.807) is 0 Å². The lowest BCUT2D eigenvalue weighted by Crippen LogP contribution is -2.69. The second-order valence-electron chi connectivity index (χ2n) is 12.8. The first-order valence-electron chi connectivity index (χ1n) is 13.0. The maximum Gasteiger partial charge on any atom is 0.124 e. The molecule has 0 bridgehead atoms. The summed E-state index contributed by atoms with van der Waals surface area (Å²) in [4.78, 5) is 0. The van der Waals surface area contributed by atoms with E-state index >= 15 is 0 Å². The van der Waals surface area contributed by atoms with E-state index in [-0.39, 0.29) is 17.9 Å². The van der Waals surface area contributed by atoms with Gasteiger partial charge in [-0.05, 0) is 66.8 Å². The van der Waals surface area contributed by atoms with Gasteiger partial charge in [-0.25, -0.2) is 0 Å². The summed E-state index contributed by atoms with van der Waals surface area (Å²) < 4.78 is 6.61. The molecule has 10 unspecified atom stereocenters. The smallest absolute Gasteiger partial charge is 0.124 e. The number of ether oxygens (including phenoxy) is 1. The normalized spacial score (nSPS) is 53.8. The fraction of sp³-hybridized carbons (Fsp3) is 0.926. The molecule has 0 radical (unpaired) electrons. The van der Waals surface area contributed by atoms with Crippen molar-refractivity contribution in [1.82, 2.24) is 0 Å². The number of rotatable bonds is 5. The molecular formula is C27H44O4. The van der Waals surface area contributed by atoms with Crippen molar-refractivity contribution in [2.24, 2.45) is 34.5 Å². The predicted octanol–water partition coefficient (Wildman–Crippen LogP) is 4.61. The number of hydrogen-bond acceptors (Lipinski definition) is 4. The Morgan fingerprint density at radius 1 is 1.06 bits per heavy atom. The van der Waals surface area contributed by atoms with Gasteiger partial charge in [0, 0.05) is 11.8 Å². The van der Waals surface area contributed by atoms with Gasteiger partial charge in [0.05, 0.1) is 12.2 Å². The van der Waals surface area contributed by atoms with E-state index in [9.17, 15) is 15.3 Å². The van der Waals surface area contributed by atoms with Crippen LogP contribution in [-0.4, -0.2) is 44.8 Å². The highest BCUT2D eigenvalue weighted by atomic mass is 16.6. The van der Waals surface area contributed by atoms with Gasteiger partial charge in [-0.3, -0.25) is 0 Å². The lowest BCUT2D eigenvalue weighted by Gasteiger charge is -2.60. The van der Waals surface area contributed by atoms with E-state index in [0.29, 0.717) is 30.6 Å². The van der Waals surface area contributed by atoms with Crippen LogP contribution >= 0.6 is 0 Å². The number of fused-ring (bicyclic) bond motifs is 3. The van der Waals surface area contributed by atoms with Crippen LogP contribution in [0.15, 0.2) is 11.6 Å². The molecule has 3 saturated carbocycles. The van der Waals surface area contributed by atoms with Crippen molar-refractivity contribution >= 4 is 0 Å². The highest BCUT2D eigenvalue weighted by molar-refractivity contribution is 5.47. The van der Waals surface area contributed by atoms with Gasteiger partial charge in [0.15, 0.2) is 0 Å². The second kappa shape index (κ2) is 7.04. The molecule has 0 aromatic carbocycles. The van der Waals surface area contributed by atoms with Crippen LogP contribution in [0.1, 0.15) is 92.4 Å². The van der Waals surface area contributed by atoms with Crippen LogP contribution in [0, 0.1) is 34.5 Å². The van der Waals surface area contributed by atoms with Crippen molar-refractivity contribution in [3.63, 3.8) is 0 Å². The minimum Gasteiger partial charge on any atom is -0.393 e. The van der Waals surface area contributed by atoms with E-state index in [0.717, 1.165) is 12.3 Å². The zero-order valence-electron chi connectivity index (χ0n) is 20.2. The Hall–Kier alpha value is -0.420. The number of hydrogen-bond donors (Lipinski definition) is 3. The molecule has 1 saturated heterocycles. The van der Waals surface area contributed by atoms with Gasteiger partial charge < -0.3 is 20.1 Å². The monoisotopic (exact) mass is 432 g/mol. The summed E-state index contributed by atoms with van der Waals surface area (Å²) in [5.41, 5.74) is -0.762. The molecule has 4 aliphatic carbocycles. The van der Waals surface area contributed by atoms with E-state index < -0.39 is 28.8 Å². The van der Waals surface area contributed by atoms with Crippen LogP contribution in [-0.2, 0) is 4.74 Å². The number of aliphatic hydroxyl groups is 3. The molecule has 31 heavy (non-hydrogen) atoms. The van der Waals surface area contributed by atoms with Gasteiger partial charge in [0.1, 0.15) is 17.3 Å². The summed E-state index contributed by atoms with van der Waals surface area (Å²) in [6.45, 7) is 11.7. The average molecular weight is 433 g/mol. The van der Waals surface area contributed by atoms with E-state index in [1.165, 1.54) is 37.7 Å². The quantitative estimate of drug-likeness (QED) is 0.438. The zero-order chi connectivity index (χ0) is 22.4. The van der Waals surface area contributed by atoms with Crippen LogP contribution in [0.25, 0.3) is 0 Å². The standard InChI is InChI=1S/C27H44O4/c1-16(2)7-6-8-17(3)19-9-10-20-21-13-22(29)26(30)14-18(28)11-12-25(26,5)27(21)23(31-27)15-24(19,20)4/h13,16-20,22-23,28-30H,6-12,14-15H2,1-5H3. The van der Waals surface area contributed by atoms with Gasteiger partial charge in [-0.2, -0.15) is 0 Å². The summed E-state index contributed by atoms with van der Waals surface area (Å²) in [5.74, 6) is 2.63. The molecule has 4 nitrogen and oxygen atoms in total. The lowest BCUT2D eigenvalue weighted by atomic mass is 9.45. The van der Waals surface area contributed by atoms with E-state index in [4.69, 9.17) is 4.74 Å². The SMILES string of the molecule is CC(C)CCCC(C)C1CCC2C3=CC(O)C4(O)CC(O)CCC4(C)C34OC4CC21C. The first-order chi connectivity index (χ1) is 14.5. The van der Waals surface area contributed by atoms with Gasteiger partial charge in [-0.1, -0.05) is 60.0 Å². The van der Waals surface area contributed by atoms with Gasteiger partial charge in [0.25, 0.3) is 0 Å². The van der Waals surface area contributed by atoms with Gasteiger partial charge >= 0.3 is 0 Å². The van der Waals surface area contributed by atoms with Crippen LogP contribution in [0.2, 0.25) is 0 Å². The average Bonchev–Trinajstić information content (AvgIpc) is 3.30. The third kappa shape index (κ3) is 2.80. The van der Waals surface area contributed by atoms with Crippen LogP contribution < -0.4 is 0 Å². The fourth-order valence-corrected chi connectivity index (χ4v) is 9.00. The minimum atomic E-state index is -1.31. The van der Waals surface area contributed by atoms with Crippen LogP contribution in [0.3, 0.4) is 0 Å². The van der Waals surface area contributed by atoms with Crippen molar-refractivity contribution in [3.05, 3.63) is 11.6 Å². The first-order valence-corrected chi connectivity index (χ1v) is 13.0. The summed E-state index contributed by atoms with van der Waals surface area (Å²) >= 11 is 0. The molecule has 4 heteroatoms. The Kier molecular flexibility index (Phi) is 5.08. The summed E-state index contributed by atoms with van der Waals surface area (Å²) in [5, 5.41) is 33.1.